The molecule has 25 heavy (non-hydrogen) atoms. The molecule has 1 aromatic heterocycles. The van der Waals surface area contributed by atoms with Crippen LogP contribution in [0.3, 0.4) is 0 Å². The van der Waals surface area contributed by atoms with Crippen molar-refractivity contribution in [2.75, 3.05) is 17.7 Å². The van der Waals surface area contributed by atoms with Gasteiger partial charge in [-0.05, 0) is 25.1 Å². The van der Waals surface area contributed by atoms with Gasteiger partial charge < -0.3 is 20.8 Å². The summed E-state index contributed by atoms with van der Waals surface area (Å²) in [6, 6.07) is 5.25. The molecule has 0 radical (unpaired) electrons. The minimum Gasteiger partial charge on any atom is -0.465 e. The van der Waals surface area contributed by atoms with Crippen molar-refractivity contribution in [1.29, 1.82) is 0 Å². The Morgan fingerprint density at radius 2 is 2.08 bits per heavy atom. The highest BCUT2D eigenvalue weighted by molar-refractivity contribution is 6.33. The van der Waals surface area contributed by atoms with Gasteiger partial charge in [-0.25, -0.2) is 9.78 Å². The Morgan fingerprint density at radius 3 is 2.76 bits per heavy atom. The van der Waals surface area contributed by atoms with E-state index in [-0.39, 0.29) is 5.56 Å². The summed E-state index contributed by atoms with van der Waals surface area (Å²) in [5.74, 6) is 1.39. The van der Waals surface area contributed by atoms with E-state index in [0.29, 0.717) is 28.4 Å². The van der Waals surface area contributed by atoms with E-state index in [1.54, 1.807) is 30.6 Å². The number of aromatic nitrogens is 2. The Morgan fingerprint density at radius 1 is 1.32 bits per heavy atom. The summed E-state index contributed by atoms with van der Waals surface area (Å²) < 4.78 is 4.72. The van der Waals surface area contributed by atoms with Crippen LogP contribution in [-0.2, 0) is 4.74 Å². The van der Waals surface area contributed by atoms with E-state index in [9.17, 15) is 4.79 Å². The summed E-state index contributed by atoms with van der Waals surface area (Å²) in [7, 11) is 1.31. The van der Waals surface area contributed by atoms with E-state index in [1.165, 1.54) is 7.11 Å². The van der Waals surface area contributed by atoms with E-state index in [4.69, 9.17) is 16.3 Å². The first kappa shape index (κ1) is 17.0. The first-order valence-electron chi connectivity index (χ1n) is 7.61. The van der Waals surface area contributed by atoms with E-state index in [1.807, 2.05) is 6.92 Å². The van der Waals surface area contributed by atoms with Gasteiger partial charge in [0.1, 0.15) is 5.84 Å². The van der Waals surface area contributed by atoms with Crippen molar-refractivity contribution in [1.82, 2.24) is 15.4 Å². The van der Waals surface area contributed by atoms with Crippen LogP contribution < -0.4 is 16.1 Å². The first-order valence-corrected chi connectivity index (χ1v) is 7.99. The molecule has 1 atom stereocenters. The van der Waals surface area contributed by atoms with Crippen LogP contribution >= 0.6 is 11.6 Å². The molecule has 9 heteroatoms. The van der Waals surface area contributed by atoms with Crippen LogP contribution in [0.4, 0.5) is 17.3 Å². The number of anilines is 3. The summed E-state index contributed by atoms with van der Waals surface area (Å²) >= 11 is 6.02. The number of amidine groups is 1. The SMILES string of the molecule is COC(=O)c1cc(Nc2cncc(NC3=NNC(C)C3)n2)ccc1Cl. The molecule has 2 aromatic rings. The van der Waals surface area contributed by atoms with Gasteiger partial charge in [-0.3, -0.25) is 4.98 Å². The monoisotopic (exact) mass is 360 g/mol. The summed E-state index contributed by atoms with van der Waals surface area (Å²) in [5, 5.41) is 10.7. The molecule has 0 fully saturated rings. The number of ether oxygens (including phenoxy) is 1. The average molecular weight is 361 g/mol. The molecule has 3 rings (SSSR count). The molecule has 1 aromatic carbocycles. The van der Waals surface area contributed by atoms with E-state index < -0.39 is 5.97 Å². The normalized spacial score (nSPS) is 16.0. The second-order valence-corrected chi connectivity index (χ2v) is 5.93. The molecule has 0 aliphatic carbocycles. The Labute approximate surface area is 149 Å². The molecule has 0 saturated carbocycles. The fraction of sp³-hybridized carbons (Fsp3) is 0.250. The van der Waals surface area contributed by atoms with Gasteiger partial charge in [-0.1, -0.05) is 11.6 Å². The molecular weight excluding hydrogens is 344 g/mol. The summed E-state index contributed by atoms with van der Waals surface area (Å²) in [5.41, 5.74) is 3.90. The van der Waals surface area contributed by atoms with Gasteiger partial charge in [0.2, 0.25) is 0 Å². The topological polar surface area (TPSA) is 101 Å². The van der Waals surface area contributed by atoms with Crippen molar-refractivity contribution in [3.8, 4) is 0 Å². The fourth-order valence-electron chi connectivity index (χ4n) is 2.30. The summed E-state index contributed by atoms with van der Waals surface area (Å²) in [4.78, 5) is 20.3. The van der Waals surface area contributed by atoms with Crippen LogP contribution in [0.25, 0.3) is 0 Å². The molecule has 130 valence electrons. The minimum absolute atomic E-state index is 0.275. The van der Waals surface area contributed by atoms with Crippen molar-refractivity contribution in [2.24, 2.45) is 5.10 Å². The molecular formula is C16H17ClN6O2. The van der Waals surface area contributed by atoms with E-state index in [2.05, 4.69) is 31.1 Å². The maximum absolute atomic E-state index is 11.7. The third-order valence-electron chi connectivity index (χ3n) is 3.47. The number of hydrazone groups is 1. The Hall–Kier alpha value is -2.87. The first-order chi connectivity index (χ1) is 12.0. The lowest BCUT2D eigenvalue weighted by Crippen LogP contribution is -2.16. The highest BCUT2D eigenvalue weighted by Crippen LogP contribution is 2.23. The number of carbonyl (C=O) groups excluding carboxylic acids is 1. The highest BCUT2D eigenvalue weighted by atomic mass is 35.5. The zero-order valence-corrected chi connectivity index (χ0v) is 14.5. The van der Waals surface area contributed by atoms with Crippen molar-refractivity contribution < 1.29 is 9.53 Å². The molecule has 8 nitrogen and oxygen atoms in total. The number of halogens is 1. The van der Waals surface area contributed by atoms with Crippen LogP contribution in [0.15, 0.2) is 35.7 Å². The number of benzene rings is 1. The van der Waals surface area contributed by atoms with Gasteiger partial charge in [-0.15, -0.1) is 0 Å². The smallest absolute Gasteiger partial charge is 0.339 e. The molecule has 1 aliphatic rings. The Kier molecular flexibility index (Phi) is 4.99. The van der Waals surface area contributed by atoms with Gasteiger partial charge in [-0.2, -0.15) is 5.10 Å². The molecule has 0 bridgehead atoms. The van der Waals surface area contributed by atoms with E-state index >= 15 is 0 Å². The number of hydrogen-bond donors (Lipinski definition) is 3. The van der Waals surface area contributed by atoms with Gasteiger partial charge in [0.25, 0.3) is 0 Å². The fourth-order valence-corrected chi connectivity index (χ4v) is 2.49. The second-order valence-electron chi connectivity index (χ2n) is 5.52. The third kappa shape index (κ3) is 4.16. The number of methoxy groups -OCH3 is 1. The number of hydrogen-bond acceptors (Lipinski definition) is 8. The van der Waals surface area contributed by atoms with Crippen molar-refractivity contribution >= 4 is 40.7 Å². The lowest BCUT2D eigenvalue weighted by molar-refractivity contribution is 0.0601. The molecule has 2 heterocycles. The average Bonchev–Trinajstić information content (AvgIpc) is 3.01. The van der Waals surface area contributed by atoms with Crippen molar-refractivity contribution in [2.45, 2.75) is 19.4 Å². The molecule has 0 saturated heterocycles. The predicted octanol–water partition coefficient (Wildman–Crippen LogP) is 2.77. The minimum atomic E-state index is -0.504. The van der Waals surface area contributed by atoms with Crippen LogP contribution in [-0.4, -0.2) is 34.9 Å². The Balaban J connectivity index is 1.75. The third-order valence-corrected chi connectivity index (χ3v) is 3.80. The van der Waals surface area contributed by atoms with Gasteiger partial charge in [0, 0.05) is 18.2 Å². The van der Waals surface area contributed by atoms with Gasteiger partial charge in [0.15, 0.2) is 11.6 Å². The number of esters is 1. The van der Waals surface area contributed by atoms with Crippen LogP contribution in [0.5, 0.6) is 0 Å². The largest absolute Gasteiger partial charge is 0.465 e. The zero-order valence-electron chi connectivity index (χ0n) is 13.7. The highest BCUT2D eigenvalue weighted by Gasteiger charge is 2.15. The van der Waals surface area contributed by atoms with Gasteiger partial charge in [0.05, 0.1) is 30.1 Å². The van der Waals surface area contributed by atoms with Crippen LogP contribution in [0, 0.1) is 0 Å². The maximum Gasteiger partial charge on any atom is 0.339 e. The second kappa shape index (κ2) is 7.35. The molecule has 3 N–H and O–H groups in total. The van der Waals surface area contributed by atoms with Crippen molar-refractivity contribution in [3.05, 3.63) is 41.2 Å². The summed E-state index contributed by atoms with van der Waals surface area (Å²) in [6.07, 6.45) is 3.98. The van der Waals surface area contributed by atoms with Crippen LogP contribution in [0.1, 0.15) is 23.7 Å². The number of rotatable bonds is 4. The number of nitrogens with zero attached hydrogens (tertiary/aromatic N) is 3. The maximum atomic E-state index is 11.7. The quantitative estimate of drug-likeness (QED) is 0.721. The number of nitrogens with one attached hydrogen (secondary N) is 3. The number of carbonyl (C=O) groups is 1. The standard InChI is InChI=1S/C16H17ClN6O2/c1-9-5-13(23-22-9)20-15-8-18-7-14(21-15)19-10-3-4-12(17)11(6-10)16(24)25-2/h3-4,6-9,22H,5H2,1-2H3,(H2,19,20,21,23). The van der Waals surface area contributed by atoms with Crippen molar-refractivity contribution in [3.63, 3.8) is 0 Å². The lowest BCUT2D eigenvalue weighted by Gasteiger charge is -2.10. The van der Waals surface area contributed by atoms with Gasteiger partial charge >= 0.3 is 5.97 Å². The predicted molar refractivity (Wildman–Crippen MR) is 96.4 cm³/mol. The Bertz CT molecular complexity index is 826. The molecule has 1 unspecified atom stereocenters. The van der Waals surface area contributed by atoms with E-state index in [0.717, 1.165) is 12.3 Å². The zero-order chi connectivity index (χ0) is 17.8. The van der Waals surface area contributed by atoms with Crippen LogP contribution in [0.2, 0.25) is 5.02 Å². The molecule has 1 aliphatic heterocycles. The lowest BCUT2D eigenvalue weighted by atomic mass is 10.2. The summed E-state index contributed by atoms with van der Waals surface area (Å²) in [6.45, 7) is 2.04. The molecule has 0 amide bonds. The molecule has 0 spiro atoms.